The third-order valence-electron chi connectivity index (χ3n) is 6.22. The van der Waals surface area contributed by atoms with E-state index in [2.05, 4.69) is 5.32 Å². The zero-order valence-corrected chi connectivity index (χ0v) is 23.9. The van der Waals surface area contributed by atoms with Crippen LogP contribution in [0.4, 0.5) is 5.69 Å². The van der Waals surface area contributed by atoms with Crippen LogP contribution < -0.4 is 14.4 Å². The van der Waals surface area contributed by atoms with Gasteiger partial charge in [0.05, 0.1) is 17.7 Å². The molecule has 0 aromatic heterocycles. The summed E-state index contributed by atoms with van der Waals surface area (Å²) in [5.41, 5.74) is 2.18. The van der Waals surface area contributed by atoms with Gasteiger partial charge in [0.1, 0.15) is 18.3 Å². The number of carbonyl (C=O) groups excluding carboxylic acids is 2. The summed E-state index contributed by atoms with van der Waals surface area (Å²) in [7, 11) is -2.59. The number of nitrogens with zero attached hydrogens (tertiary/aromatic N) is 2. The van der Waals surface area contributed by atoms with Crippen molar-refractivity contribution in [2.45, 2.75) is 57.6 Å². The molecule has 0 heterocycles. The van der Waals surface area contributed by atoms with E-state index < -0.39 is 28.5 Å². The first kappa shape index (κ1) is 29.7. The Morgan fingerprint density at radius 2 is 1.62 bits per heavy atom. The Bertz CT molecular complexity index is 1360. The average molecular weight is 552 g/mol. The third-order valence-corrected chi connectivity index (χ3v) is 8.01. The van der Waals surface area contributed by atoms with Gasteiger partial charge < -0.3 is 15.0 Å². The maximum atomic E-state index is 14.0. The van der Waals surface area contributed by atoms with E-state index in [-0.39, 0.29) is 23.4 Å². The molecule has 0 aliphatic rings. The van der Waals surface area contributed by atoms with Crippen LogP contribution in [0.2, 0.25) is 0 Å². The van der Waals surface area contributed by atoms with E-state index in [9.17, 15) is 18.0 Å². The molecule has 0 aliphatic carbocycles. The number of anilines is 1. The van der Waals surface area contributed by atoms with Gasteiger partial charge in [0.2, 0.25) is 11.8 Å². The maximum absolute atomic E-state index is 14.0. The zero-order valence-electron chi connectivity index (χ0n) is 23.1. The number of methoxy groups -OCH3 is 1. The lowest BCUT2D eigenvalue weighted by Gasteiger charge is -2.33. The van der Waals surface area contributed by atoms with Crippen LogP contribution in [0.3, 0.4) is 0 Å². The van der Waals surface area contributed by atoms with E-state index in [4.69, 9.17) is 4.74 Å². The standard InChI is InChI=1S/C30H37N3O5S/c1-6-28(30(35)31-22(2)3)32(20-24-12-10-11-23(4)19-24)29(34)21-33(25-15-17-26(38-5)18-16-25)39(36,37)27-13-8-7-9-14-27/h7-19,22,28H,6,20-21H2,1-5H3,(H,31,35)/t28-/m0/s1. The van der Waals surface area contributed by atoms with Crippen LogP contribution in [0, 0.1) is 6.92 Å². The molecule has 8 nitrogen and oxygen atoms in total. The zero-order chi connectivity index (χ0) is 28.6. The van der Waals surface area contributed by atoms with E-state index in [1.807, 2.05) is 52.0 Å². The van der Waals surface area contributed by atoms with Crippen LogP contribution in [0.1, 0.15) is 38.3 Å². The molecule has 9 heteroatoms. The molecule has 0 bridgehead atoms. The molecule has 0 aliphatic heterocycles. The summed E-state index contributed by atoms with van der Waals surface area (Å²) in [6.45, 7) is 7.18. The Hall–Kier alpha value is -3.85. The summed E-state index contributed by atoms with van der Waals surface area (Å²) in [5.74, 6) is -0.215. The molecule has 0 radical (unpaired) electrons. The largest absolute Gasteiger partial charge is 0.497 e. The van der Waals surface area contributed by atoms with Crippen LogP contribution in [0.5, 0.6) is 5.75 Å². The van der Waals surface area contributed by atoms with Gasteiger partial charge >= 0.3 is 0 Å². The summed E-state index contributed by atoms with van der Waals surface area (Å²) in [5, 5.41) is 2.90. The molecule has 0 saturated heterocycles. The topological polar surface area (TPSA) is 96.0 Å². The van der Waals surface area contributed by atoms with Crippen molar-refractivity contribution in [2.24, 2.45) is 0 Å². The van der Waals surface area contributed by atoms with Crippen LogP contribution in [-0.4, -0.2) is 50.9 Å². The highest BCUT2D eigenvalue weighted by Crippen LogP contribution is 2.26. The molecule has 1 atom stereocenters. The molecule has 0 fully saturated rings. The lowest BCUT2D eigenvalue weighted by atomic mass is 10.1. The van der Waals surface area contributed by atoms with Crippen molar-refractivity contribution in [1.82, 2.24) is 10.2 Å². The van der Waals surface area contributed by atoms with Crippen LogP contribution >= 0.6 is 0 Å². The van der Waals surface area contributed by atoms with Crippen molar-refractivity contribution in [3.05, 3.63) is 90.0 Å². The minimum Gasteiger partial charge on any atom is -0.497 e. The highest BCUT2D eigenvalue weighted by atomic mass is 32.2. The number of sulfonamides is 1. The van der Waals surface area contributed by atoms with Gasteiger partial charge in [-0.05, 0) is 69.2 Å². The summed E-state index contributed by atoms with van der Waals surface area (Å²) < 4.78 is 33.9. The number of ether oxygens (including phenoxy) is 1. The first-order valence-electron chi connectivity index (χ1n) is 12.9. The normalized spacial score (nSPS) is 12.1. The lowest BCUT2D eigenvalue weighted by Crippen LogP contribution is -2.53. The highest BCUT2D eigenvalue weighted by Gasteiger charge is 2.33. The Labute approximate surface area is 231 Å². The van der Waals surface area contributed by atoms with Crippen molar-refractivity contribution in [1.29, 1.82) is 0 Å². The van der Waals surface area contributed by atoms with Crippen LogP contribution in [-0.2, 0) is 26.2 Å². The first-order chi connectivity index (χ1) is 18.6. The van der Waals surface area contributed by atoms with Crippen molar-refractivity contribution in [3.63, 3.8) is 0 Å². The summed E-state index contributed by atoms with van der Waals surface area (Å²) >= 11 is 0. The number of rotatable bonds is 12. The molecule has 0 spiro atoms. The molecule has 2 amide bonds. The van der Waals surface area contributed by atoms with Gasteiger partial charge in [-0.3, -0.25) is 13.9 Å². The fourth-order valence-corrected chi connectivity index (χ4v) is 5.74. The van der Waals surface area contributed by atoms with Crippen molar-refractivity contribution in [2.75, 3.05) is 18.0 Å². The second-order valence-electron chi connectivity index (χ2n) is 9.62. The predicted molar refractivity (Wildman–Crippen MR) is 153 cm³/mol. The minimum atomic E-state index is -4.11. The van der Waals surface area contributed by atoms with Gasteiger partial charge in [0.25, 0.3) is 10.0 Å². The Morgan fingerprint density at radius 1 is 0.949 bits per heavy atom. The summed E-state index contributed by atoms with van der Waals surface area (Å²) in [6.07, 6.45) is 0.365. The molecular formula is C30H37N3O5S. The molecule has 0 saturated carbocycles. The Balaban J connectivity index is 2.05. The molecule has 1 N–H and O–H groups in total. The summed E-state index contributed by atoms with van der Waals surface area (Å²) in [4.78, 5) is 28.7. The number of amides is 2. The number of carbonyl (C=O) groups is 2. The smallest absolute Gasteiger partial charge is 0.264 e. The molecule has 3 aromatic rings. The average Bonchev–Trinajstić information content (AvgIpc) is 2.91. The summed E-state index contributed by atoms with van der Waals surface area (Å²) in [6, 6.07) is 21.3. The third kappa shape index (κ3) is 7.60. The molecule has 39 heavy (non-hydrogen) atoms. The number of hydrogen-bond donors (Lipinski definition) is 1. The number of nitrogens with one attached hydrogen (secondary N) is 1. The van der Waals surface area contributed by atoms with E-state index in [1.54, 1.807) is 42.5 Å². The van der Waals surface area contributed by atoms with Gasteiger partial charge in [0.15, 0.2) is 0 Å². The van der Waals surface area contributed by atoms with E-state index >= 15 is 0 Å². The molecule has 3 aromatic carbocycles. The fourth-order valence-electron chi connectivity index (χ4n) is 4.30. The van der Waals surface area contributed by atoms with Gasteiger partial charge in [0, 0.05) is 12.6 Å². The van der Waals surface area contributed by atoms with Gasteiger partial charge in [-0.1, -0.05) is 55.0 Å². The van der Waals surface area contributed by atoms with Gasteiger partial charge in [-0.25, -0.2) is 8.42 Å². The van der Waals surface area contributed by atoms with Crippen LogP contribution in [0.15, 0.2) is 83.8 Å². The van der Waals surface area contributed by atoms with Crippen molar-refractivity contribution in [3.8, 4) is 5.75 Å². The van der Waals surface area contributed by atoms with E-state index in [0.717, 1.165) is 15.4 Å². The Morgan fingerprint density at radius 3 is 2.18 bits per heavy atom. The monoisotopic (exact) mass is 551 g/mol. The molecule has 208 valence electrons. The maximum Gasteiger partial charge on any atom is 0.264 e. The minimum absolute atomic E-state index is 0.0587. The SMILES string of the molecule is CC[C@@H](C(=O)NC(C)C)N(Cc1cccc(C)c1)C(=O)CN(c1ccc(OC)cc1)S(=O)(=O)c1ccccc1. The Kier molecular flexibility index (Phi) is 10.1. The van der Waals surface area contributed by atoms with Crippen LogP contribution in [0.25, 0.3) is 0 Å². The van der Waals surface area contributed by atoms with Crippen molar-refractivity contribution < 1.29 is 22.7 Å². The van der Waals surface area contributed by atoms with E-state index in [0.29, 0.717) is 17.9 Å². The fraction of sp³-hybridized carbons (Fsp3) is 0.333. The second kappa shape index (κ2) is 13.3. The number of benzene rings is 3. The van der Waals surface area contributed by atoms with Crippen molar-refractivity contribution >= 4 is 27.5 Å². The molecule has 0 unspecified atom stereocenters. The second-order valence-corrected chi connectivity index (χ2v) is 11.5. The molecule has 3 rings (SSSR count). The van der Waals surface area contributed by atoms with Gasteiger partial charge in [-0.2, -0.15) is 0 Å². The molecular weight excluding hydrogens is 514 g/mol. The predicted octanol–water partition coefficient (Wildman–Crippen LogP) is 4.53. The highest BCUT2D eigenvalue weighted by molar-refractivity contribution is 7.92. The van der Waals surface area contributed by atoms with Gasteiger partial charge in [-0.15, -0.1) is 0 Å². The first-order valence-corrected chi connectivity index (χ1v) is 14.4. The lowest BCUT2D eigenvalue weighted by molar-refractivity contribution is -0.140. The number of aryl methyl sites for hydroxylation is 1. The van der Waals surface area contributed by atoms with E-state index in [1.165, 1.54) is 24.1 Å². The number of hydrogen-bond acceptors (Lipinski definition) is 5. The quantitative estimate of drug-likeness (QED) is 0.357.